The van der Waals surface area contributed by atoms with Gasteiger partial charge in [-0.1, -0.05) is 0 Å². The van der Waals surface area contributed by atoms with E-state index in [1.54, 1.807) is 21.3 Å². The minimum absolute atomic E-state index is 0.442. The zero-order chi connectivity index (χ0) is 15.7. The molecule has 7 heteroatoms. The van der Waals surface area contributed by atoms with Gasteiger partial charge in [-0.3, -0.25) is 0 Å². The lowest BCUT2D eigenvalue weighted by Crippen LogP contribution is -1.99. The van der Waals surface area contributed by atoms with Crippen LogP contribution in [-0.2, 0) is 6.42 Å². The fourth-order valence-electron chi connectivity index (χ4n) is 2.67. The summed E-state index contributed by atoms with van der Waals surface area (Å²) in [5.74, 6) is 2.61. The molecule has 0 bridgehead atoms. The Balaban J connectivity index is 2.23. The first kappa shape index (κ1) is 14.6. The van der Waals surface area contributed by atoms with Gasteiger partial charge in [0, 0.05) is 17.7 Å². The van der Waals surface area contributed by atoms with E-state index in [1.807, 2.05) is 12.1 Å². The monoisotopic (exact) mass is 319 g/mol. The number of hydrogen-bond acceptors (Lipinski definition) is 6. The predicted octanol–water partition coefficient (Wildman–Crippen LogP) is 2.80. The summed E-state index contributed by atoms with van der Waals surface area (Å²) in [6, 6.07) is 3.81. The first-order chi connectivity index (χ1) is 10.7. The highest BCUT2D eigenvalue weighted by Crippen LogP contribution is 2.42. The van der Waals surface area contributed by atoms with Crippen molar-refractivity contribution in [3.8, 4) is 28.5 Å². The van der Waals surface area contributed by atoms with Crippen LogP contribution in [0.2, 0.25) is 0 Å². The van der Waals surface area contributed by atoms with Crippen molar-refractivity contribution in [1.29, 1.82) is 0 Å². The van der Waals surface area contributed by atoms with Crippen LogP contribution in [0.5, 0.6) is 17.2 Å². The number of H-pyrrole nitrogens is 1. The van der Waals surface area contributed by atoms with E-state index in [-0.39, 0.29) is 0 Å². The van der Waals surface area contributed by atoms with Gasteiger partial charge in [0.05, 0.1) is 27.0 Å². The third-order valence-corrected chi connectivity index (χ3v) is 3.85. The Labute approximate surface area is 133 Å². The summed E-state index contributed by atoms with van der Waals surface area (Å²) >= 11 is 5.22. The molecule has 0 unspecified atom stereocenters. The van der Waals surface area contributed by atoms with E-state index in [0.29, 0.717) is 22.0 Å². The first-order valence-corrected chi connectivity index (χ1v) is 7.26. The topological polar surface area (TPSA) is 68.4 Å². The minimum atomic E-state index is 0.442. The SMILES string of the molecule is COc1cc(-c2[nH]c(=S)nc3c2CCN3)cc(OC)c1OC. The van der Waals surface area contributed by atoms with Gasteiger partial charge in [-0.25, -0.2) is 4.98 Å². The highest BCUT2D eigenvalue weighted by molar-refractivity contribution is 7.71. The van der Waals surface area contributed by atoms with Crippen LogP contribution >= 0.6 is 12.2 Å². The number of benzene rings is 1. The average molecular weight is 319 g/mol. The highest BCUT2D eigenvalue weighted by atomic mass is 32.1. The van der Waals surface area contributed by atoms with Gasteiger partial charge in [0.1, 0.15) is 5.82 Å². The molecule has 0 saturated carbocycles. The molecule has 3 rings (SSSR count). The van der Waals surface area contributed by atoms with E-state index in [0.717, 1.165) is 35.6 Å². The lowest BCUT2D eigenvalue weighted by atomic mass is 10.0. The van der Waals surface area contributed by atoms with E-state index >= 15 is 0 Å². The molecule has 0 amide bonds. The molecule has 1 aliphatic heterocycles. The first-order valence-electron chi connectivity index (χ1n) is 6.85. The molecular weight excluding hydrogens is 302 g/mol. The number of ether oxygens (including phenoxy) is 3. The van der Waals surface area contributed by atoms with E-state index in [2.05, 4.69) is 15.3 Å². The summed E-state index contributed by atoms with van der Waals surface area (Å²) < 4.78 is 16.6. The van der Waals surface area contributed by atoms with Gasteiger partial charge in [-0.05, 0) is 30.8 Å². The standard InChI is InChI=1S/C15H17N3O3S/c1-19-10-6-8(7-11(20-2)13(10)21-3)12-9-4-5-16-14(9)18-15(22)17-12/h6-7H,4-5H2,1-3H3,(H2,16,17,18,22). The number of methoxy groups -OCH3 is 3. The molecule has 2 heterocycles. The van der Waals surface area contributed by atoms with Crippen molar-refractivity contribution in [3.05, 3.63) is 22.5 Å². The molecule has 0 radical (unpaired) electrons. The maximum atomic E-state index is 5.41. The van der Waals surface area contributed by atoms with E-state index in [1.165, 1.54) is 0 Å². The predicted molar refractivity (Wildman–Crippen MR) is 86.7 cm³/mol. The number of aromatic nitrogens is 2. The Morgan fingerprint density at radius 3 is 2.36 bits per heavy atom. The largest absolute Gasteiger partial charge is 0.493 e. The molecule has 0 fully saturated rings. The van der Waals surface area contributed by atoms with Crippen molar-refractivity contribution in [2.45, 2.75) is 6.42 Å². The number of nitrogens with zero attached hydrogens (tertiary/aromatic N) is 1. The van der Waals surface area contributed by atoms with E-state index < -0.39 is 0 Å². The Bertz CT molecular complexity index is 748. The second-order valence-corrected chi connectivity index (χ2v) is 5.22. The lowest BCUT2D eigenvalue weighted by molar-refractivity contribution is 0.324. The molecule has 116 valence electrons. The maximum Gasteiger partial charge on any atom is 0.203 e. The molecule has 0 saturated heterocycles. The van der Waals surface area contributed by atoms with Crippen molar-refractivity contribution >= 4 is 18.0 Å². The van der Waals surface area contributed by atoms with Crippen LogP contribution in [0.4, 0.5) is 5.82 Å². The molecule has 0 aliphatic carbocycles. The van der Waals surface area contributed by atoms with Gasteiger partial charge < -0.3 is 24.5 Å². The van der Waals surface area contributed by atoms with Crippen LogP contribution < -0.4 is 19.5 Å². The third kappa shape index (κ3) is 2.37. The maximum absolute atomic E-state index is 5.41. The fraction of sp³-hybridized carbons (Fsp3) is 0.333. The molecule has 0 spiro atoms. The highest BCUT2D eigenvalue weighted by Gasteiger charge is 2.21. The number of hydrogen-bond donors (Lipinski definition) is 2. The molecule has 2 aromatic rings. The number of aromatic amines is 1. The number of rotatable bonds is 4. The molecule has 0 atom stereocenters. The van der Waals surface area contributed by atoms with Crippen LogP contribution in [0.25, 0.3) is 11.3 Å². The number of anilines is 1. The zero-order valence-corrected chi connectivity index (χ0v) is 13.5. The Hall–Kier alpha value is -2.28. The van der Waals surface area contributed by atoms with Crippen molar-refractivity contribution in [2.24, 2.45) is 0 Å². The number of nitrogens with one attached hydrogen (secondary N) is 2. The lowest BCUT2D eigenvalue weighted by Gasteiger charge is -2.15. The summed E-state index contributed by atoms with van der Waals surface area (Å²) in [4.78, 5) is 7.50. The Morgan fingerprint density at radius 2 is 1.77 bits per heavy atom. The second-order valence-electron chi connectivity index (χ2n) is 4.83. The molecular formula is C15H17N3O3S. The molecule has 1 aliphatic rings. The van der Waals surface area contributed by atoms with Crippen molar-refractivity contribution < 1.29 is 14.2 Å². The minimum Gasteiger partial charge on any atom is -0.493 e. The number of fused-ring (bicyclic) bond motifs is 1. The van der Waals surface area contributed by atoms with Gasteiger partial charge in [-0.2, -0.15) is 0 Å². The summed E-state index contributed by atoms with van der Waals surface area (Å²) in [6.07, 6.45) is 0.889. The second kappa shape index (κ2) is 5.84. The van der Waals surface area contributed by atoms with Crippen LogP contribution in [0.1, 0.15) is 5.56 Å². The smallest absolute Gasteiger partial charge is 0.203 e. The summed E-state index contributed by atoms with van der Waals surface area (Å²) in [6.45, 7) is 0.854. The summed E-state index contributed by atoms with van der Waals surface area (Å²) in [5.41, 5.74) is 2.96. The molecule has 6 nitrogen and oxygen atoms in total. The van der Waals surface area contributed by atoms with Crippen LogP contribution in [-0.4, -0.2) is 37.8 Å². The molecule has 2 N–H and O–H groups in total. The van der Waals surface area contributed by atoms with E-state index in [9.17, 15) is 0 Å². The van der Waals surface area contributed by atoms with Gasteiger partial charge >= 0.3 is 0 Å². The van der Waals surface area contributed by atoms with Crippen molar-refractivity contribution in [1.82, 2.24) is 9.97 Å². The van der Waals surface area contributed by atoms with Gasteiger partial charge in [0.2, 0.25) is 5.75 Å². The molecule has 1 aromatic carbocycles. The summed E-state index contributed by atoms with van der Waals surface area (Å²) in [5, 5.41) is 3.25. The Morgan fingerprint density at radius 1 is 1.09 bits per heavy atom. The zero-order valence-electron chi connectivity index (χ0n) is 12.6. The van der Waals surface area contributed by atoms with Gasteiger partial charge in [0.15, 0.2) is 16.3 Å². The van der Waals surface area contributed by atoms with Gasteiger partial charge in [-0.15, -0.1) is 0 Å². The quantitative estimate of drug-likeness (QED) is 0.845. The Kier molecular flexibility index (Phi) is 3.89. The van der Waals surface area contributed by atoms with Crippen LogP contribution in [0.15, 0.2) is 12.1 Å². The average Bonchev–Trinajstić information content (AvgIpc) is 3.00. The molecule has 22 heavy (non-hydrogen) atoms. The normalized spacial score (nSPS) is 12.5. The van der Waals surface area contributed by atoms with Crippen molar-refractivity contribution in [3.63, 3.8) is 0 Å². The van der Waals surface area contributed by atoms with Crippen molar-refractivity contribution in [2.75, 3.05) is 33.2 Å². The van der Waals surface area contributed by atoms with Gasteiger partial charge in [0.25, 0.3) is 0 Å². The third-order valence-electron chi connectivity index (χ3n) is 3.65. The van der Waals surface area contributed by atoms with Crippen LogP contribution in [0, 0.1) is 4.77 Å². The fourth-order valence-corrected chi connectivity index (χ4v) is 2.86. The van der Waals surface area contributed by atoms with Crippen LogP contribution in [0.3, 0.4) is 0 Å². The molecule has 1 aromatic heterocycles. The van der Waals surface area contributed by atoms with E-state index in [4.69, 9.17) is 26.4 Å². The summed E-state index contributed by atoms with van der Waals surface area (Å²) in [7, 11) is 4.78.